The van der Waals surface area contributed by atoms with E-state index in [1.165, 1.54) is 12.0 Å². The van der Waals surface area contributed by atoms with Crippen LogP contribution in [-0.2, 0) is 11.3 Å². The number of aliphatic hydroxyl groups excluding tert-OH is 1. The maximum Gasteiger partial charge on any atom is 0.161 e. The molecule has 0 amide bonds. The molecule has 3 fully saturated rings. The zero-order valence-corrected chi connectivity index (χ0v) is 17.5. The van der Waals surface area contributed by atoms with Crippen molar-refractivity contribution in [2.24, 2.45) is 11.8 Å². The Kier molecular flexibility index (Phi) is 7.26. The largest absolute Gasteiger partial charge is 0.493 e. The summed E-state index contributed by atoms with van der Waals surface area (Å²) in [5.74, 6) is 2.70. The number of hydrogen-bond acceptors (Lipinski definition) is 7. The van der Waals surface area contributed by atoms with Gasteiger partial charge in [-0.25, -0.2) is 0 Å². The Morgan fingerprint density at radius 2 is 1.97 bits per heavy atom. The van der Waals surface area contributed by atoms with Crippen LogP contribution in [0.1, 0.15) is 12.0 Å². The number of likely N-dealkylation sites (tertiary alicyclic amines) is 1. The van der Waals surface area contributed by atoms with Crippen molar-refractivity contribution in [2.45, 2.75) is 19.1 Å². The lowest BCUT2D eigenvalue weighted by Gasteiger charge is -2.22. The molecule has 3 aliphatic heterocycles. The van der Waals surface area contributed by atoms with Crippen LogP contribution in [-0.4, -0.2) is 93.8 Å². The van der Waals surface area contributed by atoms with Gasteiger partial charge in [-0.05, 0) is 37.2 Å². The van der Waals surface area contributed by atoms with Crippen LogP contribution in [0.4, 0.5) is 0 Å². The van der Waals surface area contributed by atoms with Gasteiger partial charge in [0.05, 0.1) is 20.3 Å². The number of methoxy groups -OCH3 is 1. The van der Waals surface area contributed by atoms with E-state index in [4.69, 9.17) is 14.2 Å². The molecule has 3 heterocycles. The van der Waals surface area contributed by atoms with E-state index in [0.717, 1.165) is 64.8 Å². The maximum atomic E-state index is 10.4. The molecule has 4 rings (SSSR count). The SMILES string of the molecule is COc1cc(CN2CCCNCC2)ccc1OCC(O)CN1C[C@H]2COC[C@H]2C1. The Bertz CT molecular complexity index is 639. The molecule has 1 aromatic rings. The van der Waals surface area contributed by atoms with E-state index < -0.39 is 6.10 Å². The van der Waals surface area contributed by atoms with Crippen molar-refractivity contribution in [2.75, 3.05) is 72.7 Å². The first-order chi connectivity index (χ1) is 14.2. The second kappa shape index (κ2) is 10.1. The molecule has 3 aliphatic rings. The Morgan fingerprint density at radius 3 is 2.76 bits per heavy atom. The van der Waals surface area contributed by atoms with Crippen molar-refractivity contribution >= 4 is 0 Å². The lowest BCUT2D eigenvalue weighted by atomic mass is 10.0. The molecule has 2 N–H and O–H groups in total. The highest BCUT2D eigenvalue weighted by Gasteiger charge is 2.37. The van der Waals surface area contributed by atoms with Crippen LogP contribution in [0.2, 0.25) is 0 Å². The molecule has 29 heavy (non-hydrogen) atoms. The molecule has 0 bridgehead atoms. The summed E-state index contributed by atoms with van der Waals surface area (Å²) in [6.07, 6.45) is 0.672. The van der Waals surface area contributed by atoms with Crippen LogP contribution in [0, 0.1) is 11.8 Å². The number of fused-ring (bicyclic) bond motifs is 1. The average molecular weight is 406 g/mol. The van der Waals surface area contributed by atoms with Crippen LogP contribution in [0.3, 0.4) is 0 Å². The van der Waals surface area contributed by atoms with Gasteiger partial charge in [-0.3, -0.25) is 9.80 Å². The highest BCUT2D eigenvalue weighted by atomic mass is 16.5. The van der Waals surface area contributed by atoms with Crippen molar-refractivity contribution in [3.8, 4) is 11.5 Å². The van der Waals surface area contributed by atoms with Crippen molar-refractivity contribution in [1.29, 1.82) is 0 Å². The van der Waals surface area contributed by atoms with Crippen LogP contribution in [0.5, 0.6) is 11.5 Å². The lowest BCUT2D eigenvalue weighted by molar-refractivity contribution is 0.0666. The number of benzene rings is 1. The highest BCUT2D eigenvalue weighted by Crippen LogP contribution is 2.30. The number of ether oxygens (including phenoxy) is 3. The van der Waals surface area contributed by atoms with Gasteiger partial charge in [-0.1, -0.05) is 6.07 Å². The van der Waals surface area contributed by atoms with Gasteiger partial charge in [-0.15, -0.1) is 0 Å². The number of hydrogen-bond donors (Lipinski definition) is 2. The summed E-state index contributed by atoms with van der Waals surface area (Å²) in [6.45, 7) is 9.94. The summed E-state index contributed by atoms with van der Waals surface area (Å²) in [6, 6.07) is 6.13. The standard InChI is InChI=1S/C22H35N3O4/c1-27-22-9-17(10-24-7-2-5-23-6-8-24)3-4-21(22)29-16-20(26)13-25-11-18-14-28-15-19(18)12-25/h3-4,9,18-20,23,26H,2,5-8,10-16H2,1H3/t18-,19+,20?. The summed E-state index contributed by atoms with van der Waals surface area (Å²) in [5, 5.41) is 13.9. The molecule has 0 radical (unpaired) electrons. The summed E-state index contributed by atoms with van der Waals surface area (Å²) < 4.78 is 17.0. The molecule has 7 nitrogen and oxygen atoms in total. The normalized spacial score (nSPS) is 26.8. The maximum absolute atomic E-state index is 10.4. The van der Waals surface area contributed by atoms with Gasteiger partial charge < -0.3 is 24.6 Å². The quantitative estimate of drug-likeness (QED) is 0.663. The van der Waals surface area contributed by atoms with E-state index >= 15 is 0 Å². The van der Waals surface area contributed by atoms with E-state index in [-0.39, 0.29) is 6.61 Å². The molecule has 3 saturated heterocycles. The number of β-amino-alcohol motifs (C(OH)–C–C–N with tert-alkyl or cyclic N) is 1. The molecular formula is C22H35N3O4. The molecule has 0 aliphatic carbocycles. The fraction of sp³-hybridized carbons (Fsp3) is 0.727. The minimum absolute atomic E-state index is 0.274. The van der Waals surface area contributed by atoms with E-state index in [0.29, 0.717) is 24.1 Å². The van der Waals surface area contributed by atoms with Gasteiger partial charge in [-0.2, -0.15) is 0 Å². The number of nitrogens with zero attached hydrogens (tertiary/aromatic N) is 2. The fourth-order valence-corrected chi connectivity index (χ4v) is 4.72. The van der Waals surface area contributed by atoms with Crippen molar-refractivity contribution < 1.29 is 19.3 Å². The molecule has 0 spiro atoms. The molecule has 0 saturated carbocycles. The monoisotopic (exact) mass is 405 g/mol. The van der Waals surface area contributed by atoms with Gasteiger partial charge in [0.2, 0.25) is 0 Å². The topological polar surface area (TPSA) is 66.4 Å². The third kappa shape index (κ3) is 5.61. The average Bonchev–Trinajstić information content (AvgIpc) is 3.20. The first kappa shape index (κ1) is 20.9. The van der Waals surface area contributed by atoms with E-state index in [1.807, 2.05) is 6.07 Å². The molecule has 162 valence electrons. The predicted molar refractivity (Wildman–Crippen MR) is 111 cm³/mol. The summed E-state index contributed by atoms with van der Waals surface area (Å²) >= 11 is 0. The van der Waals surface area contributed by atoms with Gasteiger partial charge in [0.15, 0.2) is 11.5 Å². The molecular weight excluding hydrogens is 370 g/mol. The Hall–Kier alpha value is -1.38. The van der Waals surface area contributed by atoms with E-state index in [9.17, 15) is 5.11 Å². The first-order valence-corrected chi connectivity index (χ1v) is 10.9. The van der Waals surface area contributed by atoms with E-state index in [1.54, 1.807) is 7.11 Å². The molecule has 1 unspecified atom stereocenters. The second-order valence-electron chi connectivity index (χ2n) is 8.61. The van der Waals surface area contributed by atoms with Crippen LogP contribution < -0.4 is 14.8 Å². The van der Waals surface area contributed by atoms with Crippen LogP contribution in [0.15, 0.2) is 18.2 Å². The smallest absolute Gasteiger partial charge is 0.161 e. The summed E-state index contributed by atoms with van der Waals surface area (Å²) in [4.78, 5) is 4.80. The Labute approximate surface area is 173 Å². The summed E-state index contributed by atoms with van der Waals surface area (Å²) in [5.41, 5.74) is 1.22. The summed E-state index contributed by atoms with van der Waals surface area (Å²) in [7, 11) is 1.67. The minimum Gasteiger partial charge on any atom is -0.493 e. The van der Waals surface area contributed by atoms with Crippen molar-refractivity contribution in [1.82, 2.24) is 15.1 Å². The molecule has 0 aromatic heterocycles. The number of aliphatic hydroxyl groups is 1. The lowest BCUT2D eigenvalue weighted by Crippen LogP contribution is -2.35. The number of nitrogens with one attached hydrogen (secondary N) is 1. The minimum atomic E-state index is -0.510. The van der Waals surface area contributed by atoms with Gasteiger partial charge in [0, 0.05) is 51.1 Å². The molecule has 7 heteroatoms. The highest BCUT2D eigenvalue weighted by molar-refractivity contribution is 5.43. The van der Waals surface area contributed by atoms with Crippen molar-refractivity contribution in [3.63, 3.8) is 0 Å². The molecule has 1 aromatic carbocycles. The zero-order chi connectivity index (χ0) is 20.1. The Balaban J connectivity index is 1.26. The predicted octanol–water partition coefficient (Wildman–Crippen LogP) is 0.808. The fourth-order valence-electron chi connectivity index (χ4n) is 4.72. The van der Waals surface area contributed by atoms with Gasteiger partial charge >= 0.3 is 0 Å². The van der Waals surface area contributed by atoms with E-state index in [2.05, 4.69) is 27.2 Å². The second-order valence-corrected chi connectivity index (χ2v) is 8.61. The van der Waals surface area contributed by atoms with Gasteiger partial charge in [0.25, 0.3) is 0 Å². The third-order valence-corrected chi connectivity index (χ3v) is 6.28. The zero-order valence-electron chi connectivity index (χ0n) is 17.5. The Morgan fingerprint density at radius 1 is 1.14 bits per heavy atom. The van der Waals surface area contributed by atoms with Crippen molar-refractivity contribution in [3.05, 3.63) is 23.8 Å². The first-order valence-electron chi connectivity index (χ1n) is 10.9. The van der Waals surface area contributed by atoms with Gasteiger partial charge in [0.1, 0.15) is 12.7 Å². The third-order valence-electron chi connectivity index (χ3n) is 6.28. The number of rotatable bonds is 8. The van der Waals surface area contributed by atoms with Crippen LogP contribution in [0.25, 0.3) is 0 Å². The van der Waals surface area contributed by atoms with Crippen LogP contribution >= 0.6 is 0 Å². The molecule has 3 atom stereocenters.